The summed E-state index contributed by atoms with van der Waals surface area (Å²) in [6.45, 7) is 4.85. The van der Waals surface area contributed by atoms with Crippen molar-refractivity contribution in [2.24, 2.45) is 11.3 Å². The maximum atomic E-state index is 2.43. The smallest absolute Gasteiger partial charge is 0.0236 e. The normalized spacial score (nSPS) is 33.4. The lowest BCUT2D eigenvalue weighted by Gasteiger charge is -2.43. The topological polar surface area (TPSA) is 0 Å². The molecule has 0 spiro atoms. The molecule has 1 atom stereocenters. The molecule has 0 heterocycles. The predicted octanol–water partition coefficient (Wildman–Crippen LogP) is 4.74. The summed E-state index contributed by atoms with van der Waals surface area (Å²) in [6.07, 6.45) is 13.3. The summed E-state index contributed by atoms with van der Waals surface area (Å²) >= 11 is 0. The van der Waals surface area contributed by atoms with E-state index in [0.717, 1.165) is 11.3 Å². The van der Waals surface area contributed by atoms with Crippen LogP contribution in [0.25, 0.3) is 0 Å². The fourth-order valence-corrected chi connectivity index (χ4v) is 4.03. The van der Waals surface area contributed by atoms with Gasteiger partial charge in [0.25, 0.3) is 0 Å². The Labute approximate surface area is 89.5 Å². The van der Waals surface area contributed by atoms with Crippen LogP contribution in [0.1, 0.15) is 71.6 Å². The van der Waals surface area contributed by atoms with Crippen molar-refractivity contribution in [3.63, 3.8) is 0 Å². The van der Waals surface area contributed by atoms with Crippen LogP contribution in [-0.4, -0.2) is 0 Å². The van der Waals surface area contributed by atoms with Crippen LogP contribution in [0, 0.1) is 17.3 Å². The molecule has 2 aliphatic rings. The molecular formula is C14H25. The molecule has 0 nitrogen and oxygen atoms in total. The van der Waals surface area contributed by atoms with Crippen molar-refractivity contribution >= 4 is 0 Å². The van der Waals surface area contributed by atoms with Gasteiger partial charge in [-0.3, -0.25) is 0 Å². The van der Waals surface area contributed by atoms with Crippen molar-refractivity contribution in [1.82, 2.24) is 0 Å². The summed E-state index contributed by atoms with van der Waals surface area (Å²) in [5.41, 5.74) is 0.741. The third kappa shape index (κ3) is 1.73. The van der Waals surface area contributed by atoms with Gasteiger partial charge in [0, 0.05) is 0 Å². The fraction of sp³-hybridized carbons (Fsp3) is 0.929. The molecule has 0 aliphatic heterocycles. The molecule has 0 aromatic rings. The van der Waals surface area contributed by atoms with E-state index >= 15 is 0 Å². The zero-order valence-corrected chi connectivity index (χ0v) is 9.94. The molecule has 0 N–H and O–H groups in total. The van der Waals surface area contributed by atoms with Gasteiger partial charge in [-0.1, -0.05) is 46.0 Å². The molecule has 1 unspecified atom stereocenters. The molecule has 2 saturated carbocycles. The third-order valence-corrected chi connectivity index (χ3v) is 4.95. The molecule has 2 aliphatic carbocycles. The highest BCUT2D eigenvalue weighted by Crippen LogP contribution is 2.54. The Hall–Kier alpha value is 0. The first-order valence-electron chi connectivity index (χ1n) is 6.61. The Balaban J connectivity index is 2.09. The first-order valence-corrected chi connectivity index (χ1v) is 6.61. The van der Waals surface area contributed by atoms with Gasteiger partial charge < -0.3 is 0 Å². The van der Waals surface area contributed by atoms with Crippen molar-refractivity contribution < 1.29 is 0 Å². The standard InChI is InChI=1S/C14H25/c1-3-14(10-6-7-11-14)13-9-5-4-8-12(13)2/h13H,3-11H2,1-2H3. The lowest BCUT2D eigenvalue weighted by atomic mass is 9.62. The van der Waals surface area contributed by atoms with Crippen LogP contribution < -0.4 is 0 Å². The van der Waals surface area contributed by atoms with Crippen LogP contribution >= 0.6 is 0 Å². The van der Waals surface area contributed by atoms with Crippen LogP contribution in [0.4, 0.5) is 0 Å². The molecule has 81 valence electrons. The molecule has 0 heteroatoms. The average Bonchev–Trinajstić information content (AvgIpc) is 2.68. The van der Waals surface area contributed by atoms with E-state index in [1.807, 2.05) is 5.92 Å². The van der Waals surface area contributed by atoms with Gasteiger partial charge in [0.15, 0.2) is 0 Å². The highest BCUT2D eigenvalue weighted by atomic mass is 14.5. The van der Waals surface area contributed by atoms with E-state index in [-0.39, 0.29) is 0 Å². The third-order valence-electron chi connectivity index (χ3n) is 4.95. The van der Waals surface area contributed by atoms with E-state index < -0.39 is 0 Å². The quantitative estimate of drug-likeness (QED) is 0.594. The SMILES string of the molecule is CCC1(C2CCCC[C]2C)CCCC1. The zero-order chi connectivity index (χ0) is 10.0. The predicted molar refractivity (Wildman–Crippen MR) is 62.1 cm³/mol. The first kappa shape index (κ1) is 10.5. The van der Waals surface area contributed by atoms with Gasteiger partial charge in [0.05, 0.1) is 0 Å². The molecule has 2 rings (SSSR count). The van der Waals surface area contributed by atoms with Crippen LogP contribution in [0.15, 0.2) is 0 Å². The number of rotatable bonds is 2. The second-order valence-electron chi connectivity index (χ2n) is 5.57. The van der Waals surface area contributed by atoms with Gasteiger partial charge in [-0.05, 0) is 42.9 Å². The van der Waals surface area contributed by atoms with E-state index in [4.69, 9.17) is 0 Å². The van der Waals surface area contributed by atoms with E-state index in [1.54, 1.807) is 0 Å². The van der Waals surface area contributed by atoms with Crippen molar-refractivity contribution in [2.75, 3.05) is 0 Å². The minimum absolute atomic E-state index is 0.741. The lowest BCUT2D eigenvalue weighted by molar-refractivity contribution is 0.136. The molecule has 2 fully saturated rings. The molecule has 1 radical (unpaired) electrons. The molecule has 14 heavy (non-hydrogen) atoms. The summed E-state index contributed by atoms with van der Waals surface area (Å²) in [4.78, 5) is 0. The Bertz CT molecular complexity index is 176. The minimum atomic E-state index is 0.741. The minimum Gasteiger partial charge on any atom is -0.0648 e. The monoisotopic (exact) mass is 193 g/mol. The second-order valence-corrected chi connectivity index (χ2v) is 5.57. The van der Waals surface area contributed by atoms with Gasteiger partial charge in [-0.15, -0.1) is 0 Å². The maximum absolute atomic E-state index is 2.43. The van der Waals surface area contributed by atoms with E-state index in [1.165, 1.54) is 57.8 Å². The van der Waals surface area contributed by atoms with Crippen molar-refractivity contribution in [2.45, 2.75) is 71.6 Å². The highest BCUT2D eigenvalue weighted by molar-refractivity contribution is 5.05. The van der Waals surface area contributed by atoms with Gasteiger partial charge >= 0.3 is 0 Å². The molecule has 0 aromatic heterocycles. The van der Waals surface area contributed by atoms with Crippen LogP contribution in [0.3, 0.4) is 0 Å². The Kier molecular flexibility index (Phi) is 3.19. The Morgan fingerprint density at radius 1 is 1.14 bits per heavy atom. The van der Waals surface area contributed by atoms with Crippen molar-refractivity contribution in [3.05, 3.63) is 5.92 Å². The summed E-state index contributed by atoms with van der Waals surface area (Å²) < 4.78 is 0. The number of hydrogen-bond acceptors (Lipinski definition) is 0. The molecule has 0 amide bonds. The van der Waals surface area contributed by atoms with Crippen LogP contribution in [-0.2, 0) is 0 Å². The highest BCUT2D eigenvalue weighted by Gasteiger charge is 2.42. The van der Waals surface area contributed by atoms with Crippen LogP contribution in [0.5, 0.6) is 0 Å². The zero-order valence-electron chi connectivity index (χ0n) is 9.94. The van der Waals surface area contributed by atoms with E-state index in [0.29, 0.717) is 0 Å². The molecule has 0 aromatic carbocycles. The summed E-state index contributed by atoms with van der Waals surface area (Å²) in [7, 11) is 0. The van der Waals surface area contributed by atoms with Crippen molar-refractivity contribution in [3.8, 4) is 0 Å². The summed E-state index contributed by atoms with van der Waals surface area (Å²) in [6, 6.07) is 0. The average molecular weight is 193 g/mol. The fourth-order valence-electron chi connectivity index (χ4n) is 4.03. The van der Waals surface area contributed by atoms with Gasteiger partial charge in [-0.2, -0.15) is 0 Å². The number of hydrogen-bond donors (Lipinski definition) is 0. The van der Waals surface area contributed by atoms with Gasteiger partial charge in [-0.25, -0.2) is 0 Å². The molecular weight excluding hydrogens is 168 g/mol. The van der Waals surface area contributed by atoms with Crippen LogP contribution in [0.2, 0.25) is 0 Å². The Morgan fingerprint density at radius 3 is 2.43 bits per heavy atom. The van der Waals surface area contributed by atoms with E-state index in [9.17, 15) is 0 Å². The van der Waals surface area contributed by atoms with Gasteiger partial charge in [0.1, 0.15) is 0 Å². The van der Waals surface area contributed by atoms with Crippen molar-refractivity contribution in [1.29, 1.82) is 0 Å². The van der Waals surface area contributed by atoms with Gasteiger partial charge in [0.2, 0.25) is 0 Å². The largest absolute Gasteiger partial charge is 0.0648 e. The first-order chi connectivity index (χ1) is 6.78. The summed E-state index contributed by atoms with van der Waals surface area (Å²) in [5, 5.41) is 0. The van der Waals surface area contributed by atoms with E-state index in [2.05, 4.69) is 13.8 Å². The maximum Gasteiger partial charge on any atom is -0.0236 e. The second kappa shape index (κ2) is 4.24. The summed E-state index contributed by atoms with van der Waals surface area (Å²) in [5.74, 6) is 2.82. The molecule has 0 bridgehead atoms. The molecule has 0 saturated heterocycles. The Morgan fingerprint density at radius 2 is 1.86 bits per heavy atom. The lowest BCUT2D eigenvalue weighted by Crippen LogP contribution is -2.32.